The van der Waals surface area contributed by atoms with Gasteiger partial charge in [-0.15, -0.1) is 0 Å². The van der Waals surface area contributed by atoms with Crippen LogP contribution in [0, 0.1) is 0 Å². The number of carbonyl (C=O) groups excluding carboxylic acids is 1. The van der Waals surface area contributed by atoms with E-state index in [9.17, 15) is 4.79 Å². The lowest BCUT2D eigenvalue weighted by Gasteiger charge is -2.37. The second-order valence-electron chi connectivity index (χ2n) is 5.04. The molecule has 0 bridgehead atoms. The normalized spacial score (nSPS) is 17.8. The number of hydrogen-bond acceptors (Lipinski definition) is 3. The van der Waals surface area contributed by atoms with Crippen LogP contribution in [0.3, 0.4) is 0 Å². The number of ether oxygens (including phenoxy) is 1. The third-order valence-corrected chi connectivity index (χ3v) is 3.97. The van der Waals surface area contributed by atoms with E-state index in [-0.39, 0.29) is 11.4 Å². The van der Waals surface area contributed by atoms with Crippen molar-refractivity contribution in [1.82, 2.24) is 10.6 Å². The van der Waals surface area contributed by atoms with Gasteiger partial charge in [-0.1, -0.05) is 19.1 Å². The van der Waals surface area contributed by atoms with Crippen molar-refractivity contribution in [1.29, 1.82) is 0 Å². The molecule has 1 fully saturated rings. The molecule has 0 unspecified atom stereocenters. The van der Waals surface area contributed by atoms with Crippen LogP contribution in [-0.2, 0) is 0 Å². The monoisotopic (exact) mass is 262 g/mol. The first-order chi connectivity index (χ1) is 9.21. The van der Waals surface area contributed by atoms with E-state index in [1.54, 1.807) is 13.2 Å². The van der Waals surface area contributed by atoms with Crippen LogP contribution in [0.5, 0.6) is 5.75 Å². The smallest absolute Gasteiger partial charge is 0.255 e. The molecule has 2 N–H and O–H groups in total. The summed E-state index contributed by atoms with van der Waals surface area (Å²) in [5.74, 6) is 0.585. The largest absolute Gasteiger partial charge is 0.496 e. The first-order valence-corrected chi connectivity index (χ1v) is 6.87. The molecule has 0 radical (unpaired) electrons. The predicted octanol–water partition coefficient (Wildman–Crippen LogP) is 1.96. The third-order valence-electron chi connectivity index (χ3n) is 3.97. The minimum atomic E-state index is -0.0802. The zero-order chi connectivity index (χ0) is 13.7. The number of carbonyl (C=O) groups is 1. The summed E-state index contributed by atoms with van der Waals surface area (Å²) in [5, 5.41) is 6.55. The first-order valence-electron chi connectivity index (χ1n) is 6.87. The van der Waals surface area contributed by atoms with Gasteiger partial charge in [-0.3, -0.25) is 4.79 Å². The third kappa shape index (κ3) is 3.07. The maximum absolute atomic E-state index is 12.4. The molecule has 104 valence electrons. The van der Waals surface area contributed by atoms with E-state index in [1.165, 1.54) is 0 Å². The van der Waals surface area contributed by atoms with Crippen LogP contribution in [0.1, 0.15) is 36.5 Å². The Kier molecular flexibility index (Phi) is 4.43. The van der Waals surface area contributed by atoms with Crippen molar-refractivity contribution in [2.24, 2.45) is 0 Å². The van der Waals surface area contributed by atoms with Gasteiger partial charge in [-0.05, 0) is 44.5 Å². The molecule has 19 heavy (non-hydrogen) atoms. The fourth-order valence-corrected chi connectivity index (χ4v) is 2.61. The molecule has 1 aliphatic heterocycles. The predicted molar refractivity (Wildman–Crippen MR) is 75.6 cm³/mol. The molecule has 2 rings (SSSR count). The van der Waals surface area contributed by atoms with E-state index < -0.39 is 0 Å². The van der Waals surface area contributed by atoms with E-state index in [0.717, 1.165) is 32.4 Å². The van der Waals surface area contributed by atoms with Gasteiger partial charge in [0, 0.05) is 5.54 Å². The van der Waals surface area contributed by atoms with Crippen LogP contribution in [0.25, 0.3) is 0 Å². The summed E-state index contributed by atoms with van der Waals surface area (Å²) in [7, 11) is 1.59. The van der Waals surface area contributed by atoms with Crippen LogP contribution in [0.4, 0.5) is 0 Å². The summed E-state index contributed by atoms with van der Waals surface area (Å²) >= 11 is 0. The molecule has 1 amide bonds. The number of benzene rings is 1. The average Bonchev–Trinajstić information content (AvgIpc) is 2.48. The van der Waals surface area contributed by atoms with Gasteiger partial charge in [0.1, 0.15) is 5.75 Å². The fraction of sp³-hybridized carbons (Fsp3) is 0.533. The molecule has 0 atom stereocenters. The van der Waals surface area contributed by atoms with Gasteiger partial charge in [0.2, 0.25) is 0 Å². The average molecular weight is 262 g/mol. The van der Waals surface area contributed by atoms with Gasteiger partial charge in [-0.25, -0.2) is 0 Å². The van der Waals surface area contributed by atoms with Crippen molar-refractivity contribution in [3.63, 3.8) is 0 Å². The summed E-state index contributed by atoms with van der Waals surface area (Å²) in [4.78, 5) is 12.4. The standard InChI is InChI=1S/C15H22N2O2/c1-3-15(8-10-16-11-9-15)17-14(18)12-6-4-5-7-13(12)19-2/h4-7,16H,3,8-11H2,1-2H3,(H,17,18). The zero-order valence-electron chi connectivity index (χ0n) is 11.7. The van der Waals surface area contributed by atoms with Crippen LogP contribution in [-0.4, -0.2) is 31.6 Å². The van der Waals surface area contributed by atoms with Crippen molar-refractivity contribution in [2.45, 2.75) is 31.7 Å². The van der Waals surface area contributed by atoms with Crippen molar-refractivity contribution in [3.05, 3.63) is 29.8 Å². The molecule has 1 aromatic rings. The van der Waals surface area contributed by atoms with E-state index in [2.05, 4.69) is 17.6 Å². The highest BCUT2D eigenvalue weighted by atomic mass is 16.5. The number of para-hydroxylation sites is 1. The molecule has 0 spiro atoms. The lowest BCUT2D eigenvalue weighted by Crippen LogP contribution is -2.54. The highest BCUT2D eigenvalue weighted by Gasteiger charge is 2.32. The lowest BCUT2D eigenvalue weighted by molar-refractivity contribution is 0.0867. The molecule has 4 heteroatoms. The molecule has 1 aliphatic rings. The van der Waals surface area contributed by atoms with E-state index in [1.807, 2.05) is 18.2 Å². The Balaban J connectivity index is 2.15. The van der Waals surface area contributed by atoms with Crippen LogP contribution >= 0.6 is 0 Å². The van der Waals surface area contributed by atoms with Crippen molar-refractivity contribution in [2.75, 3.05) is 20.2 Å². The summed E-state index contributed by atoms with van der Waals surface area (Å²) in [5.41, 5.74) is 0.528. The van der Waals surface area contributed by atoms with Crippen molar-refractivity contribution < 1.29 is 9.53 Å². The maximum Gasteiger partial charge on any atom is 0.255 e. The Bertz CT molecular complexity index is 440. The second kappa shape index (κ2) is 6.06. The fourth-order valence-electron chi connectivity index (χ4n) is 2.61. The zero-order valence-corrected chi connectivity index (χ0v) is 11.7. The molecule has 0 aromatic heterocycles. The Morgan fingerprint density at radius 1 is 1.37 bits per heavy atom. The number of piperidine rings is 1. The van der Waals surface area contributed by atoms with Gasteiger partial charge in [0.25, 0.3) is 5.91 Å². The lowest BCUT2D eigenvalue weighted by atomic mass is 9.85. The highest BCUT2D eigenvalue weighted by Crippen LogP contribution is 2.24. The number of methoxy groups -OCH3 is 1. The van der Waals surface area contributed by atoms with Gasteiger partial charge in [-0.2, -0.15) is 0 Å². The second-order valence-corrected chi connectivity index (χ2v) is 5.04. The Hall–Kier alpha value is -1.55. The Morgan fingerprint density at radius 2 is 2.05 bits per heavy atom. The van der Waals surface area contributed by atoms with Crippen molar-refractivity contribution >= 4 is 5.91 Å². The minimum absolute atomic E-state index is 0.0406. The quantitative estimate of drug-likeness (QED) is 0.872. The summed E-state index contributed by atoms with van der Waals surface area (Å²) < 4.78 is 5.25. The number of rotatable bonds is 4. The molecule has 1 aromatic carbocycles. The van der Waals surface area contributed by atoms with E-state index >= 15 is 0 Å². The minimum Gasteiger partial charge on any atom is -0.496 e. The number of nitrogens with one attached hydrogen (secondary N) is 2. The maximum atomic E-state index is 12.4. The molecule has 0 saturated carbocycles. The summed E-state index contributed by atoms with van der Waals surface area (Å²) in [6.07, 6.45) is 2.91. The van der Waals surface area contributed by atoms with Crippen LogP contribution < -0.4 is 15.4 Å². The summed E-state index contributed by atoms with van der Waals surface area (Å²) in [6.45, 7) is 4.05. The first kappa shape index (κ1) is 13.9. The van der Waals surface area contributed by atoms with E-state index in [4.69, 9.17) is 4.74 Å². The number of hydrogen-bond donors (Lipinski definition) is 2. The number of amides is 1. The topological polar surface area (TPSA) is 50.4 Å². The van der Waals surface area contributed by atoms with Gasteiger partial charge in [0.05, 0.1) is 12.7 Å². The molecular formula is C15H22N2O2. The highest BCUT2D eigenvalue weighted by molar-refractivity contribution is 5.97. The van der Waals surface area contributed by atoms with Crippen molar-refractivity contribution in [3.8, 4) is 5.75 Å². The molecule has 1 saturated heterocycles. The molecule has 1 heterocycles. The van der Waals surface area contributed by atoms with Crippen LogP contribution in [0.15, 0.2) is 24.3 Å². The molecular weight excluding hydrogens is 240 g/mol. The molecule has 0 aliphatic carbocycles. The van der Waals surface area contributed by atoms with Gasteiger partial charge in [0.15, 0.2) is 0 Å². The Morgan fingerprint density at radius 3 is 2.68 bits per heavy atom. The van der Waals surface area contributed by atoms with Crippen LogP contribution in [0.2, 0.25) is 0 Å². The SMILES string of the molecule is CCC1(NC(=O)c2ccccc2OC)CCNCC1. The summed E-state index contributed by atoms with van der Waals surface area (Å²) in [6, 6.07) is 7.35. The molecule has 4 nitrogen and oxygen atoms in total. The van der Waals surface area contributed by atoms with Gasteiger partial charge < -0.3 is 15.4 Å². The Labute approximate surface area is 114 Å². The van der Waals surface area contributed by atoms with E-state index in [0.29, 0.717) is 11.3 Å². The van der Waals surface area contributed by atoms with Gasteiger partial charge >= 0.3 is 0 Å².